The van der Waals surface area contributed by atoms with Crippen molar-refractivity contribution in [3.05, 3.63) is 89.6 Å². The number of aromatic nitrogens is 3. The largest absolute Gasteiger partial charge is 0.345 e. The third kappa shape index (κ3) is 3.08. The molecule has 0 unspecified atom stereocenters. The maximum absolute atomic E-state index is 5.99. The molecule has 0 saturated carbocycles. The minimum absolute atomic E-state index is 0.779. The summed E-state index contributed by atoms with van der Waals surface area (Å²) in [5.41, 5.74) is 3.90. The lowest BCUT2D eigenvalue weighted by Crippen LogP contribution is -2.04. The van der Waals surface area contributed by atoms with E-state index in [1.54, 1.807) is 0 Å². The van der Waals surface area contributed by atoms with E-state index in [1.807, 2.05) is 30.9 Å². The fraction of sp³-hybridized carbons (Fsp3) is 0.150. The van der Waals surface area contributed by atoms with Crippen molar-refractivity contribution in [1.82, 2.24) is 14.1 Å². The van der Waals surface area contributed by atoms with Crippen LogP contribution in [0.15, 0.2) is 73.4 Å². The Morgan fingerprint density at radius 3 is 2.58 bits per heavy atom. The minimum atomic E-state index is 0.779. The van der Waals surface area contributed by atoms with Crippen LogP contribution in [0.1, 0.15) is 11.1 Å². The Morgan fingerprint density at radius 2 is 1.79 bits per heavy atom. The SMILES string of the molecule is Clc1ccc(Cc2cn(CCn3ccnc3)c3ccccc23)cc1. The molecular weight excluding hydrogens is 318 g/mol. The van der Waals surface area contributed by atoms with Gasteiger partial charge in [0.25, 0.3) is 0 Å². The first-order valence-corrected chi connectivity index (χ1v) is 8.44. The molecule has 4 heteroatoms. The molecule has 24 heavy (non-hydrogen) atoms. The van der Waals surface area contributed by atoms with Crippen molar-refractivity contribution in [2.45, 2.75) is 19.5 Å². The maximum Gasteiger partial charge on any atom is 0.0946 e. The van der Waals surface area contributed by atoms with Crippen LogP contribution in [0.25, 0.3) is 10.9 Å². The van der Waals surface area contributed by atoms with Gasteiger partial charge in [-0.2, -0.15) is 0 Å². The van der Waals surface area contributed by atoms with Gasteiger partial charge in [-0.3, -0.25) is 0 Å². The van der Waals surface area contributed by atoms with Crippen molar-refractivity contribution in [2.75, 3.05) is 0 Å². The third-order valence-electron chi connectivity index (χ3n) is 4.34. The van der Waals surface area contributed by atoms with Gasteiger partial charge < -0.3 is 9.13 Å². The normalized spacial score (nSPS) is 11.2. The Kier molecular flexibility index (Phi) is 4.09. The predicted molar refractivity (Wildman–Crippen MR) is 98.4 cm³/mol. The van der Waals surface area contributed by atoms with Gasteiger partial charge in [-0.25, -0.2) is 4.98 Å². The molecule has 0 spiro atoms. The van der Waals surface area contributed by atoms with Crippen LogP contribution in [0.5, 0.6) is 0 Å². The predicted octanol–water partition coefficient (Wildman–Crippen LogP) is 4.78. The summed E-state index contributed by atoms with van der Waals surface area (Å²) in [5.74, 6) is 0. The Hall–Kier alpha value is -2.52. The van der Waals surface area contributed by atoms with Gasteiger partial charge in [0, 0.05) is 47.6 Å². The van der Waals surface area contributed by atoms with E-state index in [9.17, 15) is 0 Å². The second-order valence-electron chi connectivity index (χ2n) is 5.97. The molecule has 4 rings (SSSR count). The highest BCUT2D eigenvalue weighted by Crippen LogP contribution is 2.24. The fourth-order valence-electron chi connectivity index (χ4n) is 3.11. The highest BCUT2D eigenvalue weighted by molar-refractivity contribution is 6.30. The molecule has 0 radical (unpaired) electrons. The van der Waals surface area contributed by atoms with Gasteiger partial charge >= 0.3 is 0 Å². The number of hydrogen-bond donors (Lipinski definition) is 0. The smallest absolute Gasteiger partial charge is 0.0946 e. The van der Waals surface area contributed by atoms with Crippen LogP contribution in [0.2, 0.25) is 5.02 Å². The summed E-state index contributed by atoms with van der Waals surface area (Å²) in [6.45, 7) is 1.84. The van der Waals surface area contributed by atoms with Crippen LogP contribution in [0.4, 0.5) is 0 Å². The van der Waals surface area contributed by atoms with E-state index in [2.05, 4.69) is 56.7 Å². The number of hydrogen-bond acceptors (Lipinski definition) is 1. The molecule has 3 nitrogen and oxygen atoms in total. The van der Waals surface area contributed by atoms with E-state index in [-0.39, 0.29) is 0 Å². The number of halogens is 1. The maximum atomic E-state index is 5.99. The average Bonchev–Trinajstić information content (AvgIpc) is 3.24. The molecule has 0 aliphatic heterocycles. The second-order valence-corrected chi connectivity index (χ2v) is 6.41. The quantitative estimate of drug-likeness (QED) is 0.514. The topological polar surface area (TPSA) is 22.8 Å². The van der Waals surface area contributed by atoms with E-state index in [0.29, 0.717) is 0 Å². The lowest BCUT2D eigenvalue weighted by molar-refractivity contribution is 0.591. The third-order valence-corrected chi connectivity index (χ3v) is 4.59. The summed E-state index contributed by atoms with van der Waals surface area (Å²) in [4.78, 5) is 4.11. The average molecular weight is 336 g/mol. The van der Waals surface area contributed by atoms with Crippen molar-refractivity contribution in [3.8, 4) is 0 Å². The van der Waals surface area contributed by atoms with Gasteiger partial charge in [-0.1, -0.05) is 41.9 Å². The van der Waals surface area contributed by atoms with Crippen LogP contribution >= 0.6 is 11.6 Å². The lowest BCUT2D eigenvalue weighted by Gasteiger charge is -2.05. The van der Waals surface area contributed by atoms with E-state index in [1.165, 1.54) is 22.0 Å². The van der Waals surface area contributed by atoms with Crippen LogP contribution in [0, 0.1) is 0 Å². The summed E-state index contributed by atoms with van der Waals surface area (Å²) in [7, 11) is 0. The Labute approximate surface area is 146 Å². The molecule has 0 bridgehead atoms. The zero-order chi connectivity index (χ0) is 16.4. The van der Waals surface area contributed by atoms with E-state index in [0.717, 1.165) is 24.5 Å². The van der Waals surface area contributed by atoms with Gasteiger partial charge in [0.1, 0.15) is 0 Å². The Morgan fingerprint density at radius 1 is 0.958 bits per heavy atom. The molecule has 2 aromatic carbocycles. The second kappa shape index (κ2) is 6.54. The number of fused-ring (bicyclic) bond motifs is 1. The van der Waals surface area contributed by atoms with Gasteiger partial charge in [0.15, 0.2) is 0 Å². The van der Waals surface area contributed by atoms with Crippen LogP contribution < -0.4 is 0 Å². The molecule has 0 aliphatic rings. The molecule has 0 fully saturated rings. The summed E-state index contributed by atoms with van der Waals surface area (Å²) in [6, 6.07) is 16.7. The van der Waals surface area contributed by atoms with Gasteiger partial charge in [0.2, 0.25) is 0 Å². The van der Waals surface area contributed by atoms with Gasteiger partial charge in [-0.15, -0.1) is 0 Å². The van der Waals surface area contributed by atoms with E-state index >= 15 is 0 Å². The highest BCUT2D eigenvalue weighted by atomic mass is 35.5. The molecule has 0 amide bonds. The number of aryl methyl sites for hydroxylation is 2. The number of imidazole rings is 1. The minimum Gasteiger partial charge on any atom is -0.345 e. The summed E-state index contributed by atoms with van der Waals surface area (Å²) in [6.07, 6.45) is 8.87. The fourth-order valence-corrected chi connectivity index (χ4v) is 3.24. The lowest BCUT2D eigenvalue weighted by atomic mass is 10.0. The monoisotopic (exact) mass is 335 g/mol. The van der Waals surface area contributed by atoms with Gasteiger partial charge in [-0.05, 0) is 35.7 Å². The molecule has 0 saturated heterocycles. The zero-order valence-corrected chi connectivity index (χ0v) is 14.0. The Bertz CT molecular complexity index is 937. The molecule has 4 aromatic rings. The van der Waals surface area contributed by atoms with E-state index in [4.69, 9.17) is 11.6 Å². The molecule has 0 N–H and O–H groups in total. The van der Waals surface area contributed by atoms with Crippen molar-refractivity contribution in [1.29, 1.82) is 0 Å². The van der Waals surface area contributed by atoms with E-state index < -0.39 is 0 Å². The first kappa shape index (κ1) is 15.0. The van der Waals surface area contributed by atoms with Crippen LogP contribution in [0.3, 0.4) is 0 Å². The number of nitrogens with zero attached hydrogens (tertiary/aromatic N) is 3. The molecular formula is C20H18ClN3. The van der Waals surface area contributed by atoms with Crippen LogP contribution in [-0.2, 0) is 19.5 Å². The van der Waals surface area contributed by atoms with Crippen molar-refractivity contribution in [3.63, 3.8) is 0 Å². The summed E-state index contributed by atoms with van der Waals surface area (Å²) in [5, 5.41) is 2.10. The summed E-state index contributed by atoms with van der Waals surface area (Å²) >= 11 is 5.99. The first-order valence-electron chi connectivity index (χ1n) is 8.06. The molecule has 0 atom stereocenters. The van der Waals surface area contributed by atoms with Crippen molar-refractivity contribution < 1.29 is 0 Å². The number of rotatable bonds is 5. The highest BCUT2D eigenvalue weighted by Gasteiger charge is 2.09. The molecule has 0 aliphatic carbocycles. The molecule has 2 heterocycles. The Balaban J connectivity index is 1.64. The number of para-hydroxylation sites is 1. The van der Waals surface area contributed by atoms with Crippen molar-refractivity contribution >= 4 is 22.5 Å². The standard InChI is InChI=1S/C20H18ClN3/c21-18-7-5-16(6-8-18)13-17-14-24(12-11-23-10-9-22-15-23)20-4-2-1-3-19(17)20/h1-10,14-15H,11-13H2. The number of benzene rings is 2. The molecule has 2 aromatic heterocycles. The zero-order valence-electron chi connectivity index (χ0n) is 13.3. The van der Waals surface area contributed by atoms with Crippen LogP contribution in [-0.4, -0.2) is 14.1 Å². The molecule has 120 valence electrons. The summed E-state index contributed by atoms with van der Waals surface area (Å²) < 4.78 is 4.44. The van der Waals surface area contributed by atoms with Gasteiger partial charge in [0.05, 0.1) is 6.33 Å². The first-order chi connectivity index (χ1) is 11.8. The van der Waals surface area contributed by atoms with Crippen molar-refractivity contribution in [2.24, 2.45) is 0 Å².